The van der Waals surface area contributed by atoms with Crippen molar-refractivity contribution in [1.29, 1.82) is 0 Å². The summed E-state index contributed by atoms with van der Waals surface area (Å²) in [6.07, 6.45) is 0.561. The van der Waals surface area contributed by atoms with Crippen LogP contribution in [0.1, 0.15) is 6.42 Å². The van der Waals surface area contributed by atoms with Gasteiger partial charge in [0, 0.05) is 18.8 Å². The van der Waals surface area contributed by atoms with Gasteiger partial charge in [0.15, 0.2) is 16.4 Å². The van der Waals surface area contributed by atoms with E-state index in [1.54, 1.807) is 19.1 Å². The van der Waals surface area contributed by atoms with Crippen molar-refractivity contribution in [3.05, 3.63) is 24.3 Å². The first-order chi connectivity index (χ1) is 12.4. The van der Waals surface area contributed by atoms with Gasteiger partial charge in [-0.3, -0.25) is 4.79 Å². The molecule has 1 amide bonds. The van der Waals surface area contributed by atoms with Crippen molar-refractivity contribution < 1.29 is 22.8 Å². The highest BCUT2D eigenvalue weighted by atomic mass is 32.2. The Morgan fingerprint density at radius 2 is 1.92 bits per heavy atom. The molecule has 7 nitrogen and oxygen atoms in total. The summed E-state index contributed by atoms with van der Waals surface area (Å²) in [5.41, 5.74) is 1.17. The van der Waals surface area contributed by atoms with Gasteiger partial charge in [-0.15, -0.1) is 0 Å². The van der Waals surface area contributed by atoms with Crippen molar-refractivity contribution >= 4 is 21.4 Å². The van der Waals surface area contributed by atoms with Crippen LogP contribution in [0.3, 0.4) is 0 Å². The lowest BCUT2D eigenvalue weighted by atomic mass is 10.2. The van der Waals surface area contributed by atoms with Crippen LogP contribution < -0.4 is 14.5 Å². The third kappa shape index (κ3) is 4.48. The van der Waals surface area contributed by atoms with E-state index in [1.807, 2.05) is 12.1 Å². The Balaban J connectivity index is 1.48. The van der Waals surface area contributed by atoms with Crippen molar-refractivity contribution in [3.63, 3.8) is 0 Å². The highest BCUT2D eigenvalue weighted by Crippen LogP contribution is 2.19. The summed E-state index contributed by atoms with van der Waals surface area (Å²) < 4.78 is 28.4. The van der Waals surface area contributed by atoms with E-state index < -0.39 is 9.84 Å². The molecule has 144 valence electrons. The van der Waals surface area contributed by atoms with E-state index in [1.165, 1.54) is 10.6 Å². The van der Waals surface area contributed by atoms with Crippen molar-refractivity contribution in [2.75, 3.05) is 63.3 Å². The lowest BCUT2D eigenvalue weighted by Gasteiger charge is -2.34. The Labute approximate surface area is 155 Å². The van der Waals surface area contributed by atoms with Gasteiger partial charge in [0.2, 0.25) is 0 Å². The molecule has 8 heteroatoms. The van der Waals surface area contributed by atoms with Crippen LogP contribution in [0.25, 0.3) is 0 Å². The molecule has 0 saturated carbocycles. The zero-order valence-electron chi connectivity index (χ0n) is 15.5. The molecular weight excluding hydrogens is 354 g/mol. The first-order valence-electron chi connectivity index (χ1n) is 9.06. The average molecular weight is 383 g/mol. The van der Waals surface area contributed by atoms with Crippen LogP contribution in [0.5, 0.6) is 5.75 Å². The minimum atomic E-state index is -2.97. The fraction of sp³-hybridized carbons (Fsp3) is 0.611. The molecule has 2 fully saturated rings. The minimum absolute atomic E-state index is 0.0417. The van der Waals surface area contributed by atoms with Crippen LogP contribution in [0.15, 0.2) is 24.3 Å². The summed E-state index contributed by atoms with van der Waals surface area (Å²) >= 11 is 0. The maximum atomic E-state index is 12.5. The molecule has 1 atom stereocenters. The number of quaternary nitrogens is 1. The van der Waals surface area contributed by atoms with Gasteiger partial charge in [0.1, 0.15) is 5.75 Å². The number of amides is 1. The molecule has 2 aliphatic heterocycles. The molecule has 1 aromatic carbocycles. The van der Waals surface area contributed by atoms with Crippen LogP contribution >= 0.6 is 0 Å². The second-order valence-electron chi connectivity index (χ2n) is 7.17. The SMILES string of the molecule is COc1ccc(N2CC[NH+](CC(=O)N(C)[C@H]3CCS(=O)(=O)C3)CC2)cc1. The van der Waals surface area contributed by atoms with E-state index >= 15 is 0 Å². The predicted molar refractivity (Wildman–Crippen MR) is 101 cm³/mol. The molecule has 0 spiro atoms. The van der Waals surface area contributed by atoms with Crippen molar-refractivity contribution in [2.24, 2.45) is 0 Å². The molecule has 26 heavy (non-hydrogen) atoms. The third-order valence-electron chi connectivity index (χ3n) is 5.46. The standard InChI is InChI=1S/C18H27N3O4S/c1-19(16-7-12-26(23,24)14-16)18(22)13-20-8-10-21(11-9-20)15-3-5-17(25-2)6-4-15/h3-6,16H,7-14H2,1-2H3/p+1/t16-/m0/s1. The van der Waals surface area contributed by atoms with Crippen LogP contribution in [0.2, 0.25) is 0 Å². The fourth-order valence-corrected chi connectivity index (χ4v) is 5.45. The number of methoxy groups -OCH3 is 1. The minimum Gasteiger partial charge on any atom is -0.497 e. The molecule has 0 radical (unpaired) electrons. The van der Waals surface area contributed by atoms with Gasteiger partial charge in [0.05, 0.1) is 44.8 Å². The molecule has 2 saturated heterocycles. The predicted octanol–water partition coefficient (Wildman–Crippen LogP) is -0.954. The summed E-state index contributed by atoms with van der Waals surface area (Å²) in [5, 5.41) is 0. The maximum Gasteiger partial charge on any atom is 0.277 e. The maximum absolute atomic E-state index is 12.5. The van der Waals surface area contributed by atoms with Gasteiger partial charge in [-0.25, -0.2) is 8.42 Å². The number of ether oxygens (including phenoxy) is 1. The van der Waals surface area contributed by atoms with Gasteiger partial charge in [-0.05, 0) is 30.7 Å². The average Bonchev–Trinajstić information content (AvgIpc) is 3.01. The Hall–Kier alpha value is -1.80. The lowest BCUT2D eigenvalue weighted by molar-refractivity contribution is -0.892. The first-order valence-corrected chi connectivity index (χ1v) is 10.9. The molecule has 2 aliphatic rings. The quantitative estimate of drug-likeness (QED) is 0.711. The molecule has 0 aromatic heterocycles. The number of likely N-dealkylation sites (N-methyl/N-ethyl adjacent to an activating group) is 1. The van der Waals surface area contributed by atoms with E-state index in [-0.39, 0.29) is 23.5 Å². The number of nitrogens with one attached hydrogen (secondary N) is 1. The summed E-state index contributed by atoms with van der Waals surface area (Å²) in [7, 11) is 0.429. The number of sulfone groups is 1. The van der Waals surface area contributed by atoms with E-state index in [4.69, 9.17) is 4.74 Å². The molecule has 1 aromatic rings. The van der Waals surface area contributed by atoms with Crippen LogP contribution in [-0.2, 0) is 14.6 Å². The third-order valence-corrected chi connectivity index (χ3v) is 7.21. The van der Waals surface area contributed by atoms with Gasteiger partial charge >= 0.3 is 0 Å². The zero-order chi connectivity index (χ0) is 18.7. The number of piperazine rings is 1. The summed E-state index contributed by atoms with van der Waals surface area (Å²) in [4.78, 5) is 17.7. The smallest absolute Gasteiger partial charge is 0.277 e. The normalized spacial score (nSPS) is 23.0. The fourth-order valence-electron chi connectivity index (χ4n) is 3.67. The van der Waals surface area contributed by atoms with Crippen molar-refractivity contribution in [1.82, 2.24) is 4.90 Å². The van der Waals surface area contributed by atoms with Crippen molar-refractivity contribution in [3.8, 4) is 5.75 Å². The molecule has 2 heterocycles. The van der Waals surface area contributed by atoms with E-state index in [0.717, 1.165) is 31.9 Å². The molecule has 0 bridgehead atoms. The number of benzene rings is 1. The number of carbonyl (C=O) groups is 1. The number of hydrogen-bond donors (Lipinski definition) is 1. The molecule has 3 rings (SSSR count). The summed E-state index contributed by atoms with van der Waals surface area (Å²) in [5.74, 6) is 1.19. The molecule has 0 unspecified atom stereocenters. The Bertz CT molecular complexity index is 727. The van der Waals surface area contributed by atoms with Crippen LogP contribution in [0, 0.1) is 0 Å². The first kappa shape index (κ1) is 19.0. The van der Waals surface area contributed by atoms with E-state index in [2.05, 4.69) is 17.0 Å². The van der Waals surface area contributed by atoms with Crippen molar-refractivity contribution in [2.45, 2.75) is 12.5 Å². The number of rotatable bonds is 5. The van der Waals surface area contributed by atoms with E-state index in [0.29, 0.717) is 13.0 Å². The topological polar surface area (TPSA) is 71.4 Å². The largest absolute Gasteiger partial charge is 0.497 e. The lowest BCUT2D eigenvalue weighted by Crippen LogP contribution is -3.16. The van der Waals surface area contributed by atoms with E-state index in [9.17, 15) is 13.2 Å². The number of carbonyl (C=O) groups excluding carboxylic acids is 1. The highest BCUT2D eigenvalue weighted by molar-refractivity contribution is 7.91. The second-order valence-corrected chi connectivity index (χ2v) is 9.40. The number of anilines is 1. The highest BCUT2D eigenvalue weighted by Gasteiger charge is 2.34. The summed E-state index contributed by atoms with van der Waals surface area (Å²) in [6, 6.07) is 7.88. The van der Waals surface area contributed by atoms with Gasteiger partial charge in [-0.1, -0.05) is 0 Å². The number of nitrogens with zero attached hydrogens (tertiary/aromatic N) is 2. The Kier molecular flexibility index (Phi) is 5.72. The van der Waals surface area contributed by atoms with Gasteiger partial charge in [0.25, 0.3) is 5.91 Å². The summed E-state index contributed by atoms with van der Waals surface area (Å²) in [6.45, 7) is 4.03. The monoisotopic (exact) mass is 382 g/mol. The van der Waals surface area contributed by atoms with Gasteiger partial charge < -0.3 is 19.4 Å². The van der Waals surface area contributed by atoms with Crippen LogP contribution in [-0.4, -0.2) is 83.7 Å². The molecule has 0 aliphatic carbocycles. The molecule has 1 N–H and O–H groups in total. The zero-order valence-corrected chi connectivity index (χ0v) is 16.3. The van der Waals surface area contributed by atoms with Crippen LogP contribution in [0.4, 0.5) is 5.69 Å². The second kappa shape index (κ2) is 7.84. The number of hydrogen-bond acceptors (Lipinski definition) is 5. The molecular formula is C18H28N3O4S+. The Morgan fingerprint density at radius 3 is 2.46 bits per heavy atom. The Morgan fingerprint density at radius 1 is 1.27 bits per heavy atom. The van der Waals surface area contributed by atoms with Gasteiger partial charge in [-0.2, -0.15) is 0 Å².